The number of nitrogens with one attached hydrogen (secondary N) is 1. The topological polar surface area (TPSA) is 54.7 Å². The lowest BCUT2D eigenvalue weighted by Gasteiger charge is -2.41. The van der Waals surface area contributed by atoms with Crippen molar-refractivity contribution in [3.8, 4) is 0 Å². The largest absolute Gasteiger partial charge is 0.374 e. The van der Waals surface area contributed by atoms with E-state index < -0.39 is 0 Å². The maximum absolute atomic E-state index is 5.95. The monoisotopic (exact) mass is 315 g/mol. The highest BCUT2D eigenvalue weighted by molar-refractivity contribution is 5.59. The second-order valence-corrected chi connectivity index (χ2v) is 6.97. The third kappa shape index (κ3) is 2.81. The average Bonchev–Trinajstić information content (AvgIpc) is 2.81. The summed E-state index contributed by atoms with van der Waals surface area (Å²) in [6, 6.07) is 1.99. The molecule has 2 aromatic heterocycles. The molecule has 2 aliphatic heterocycles. The Morgan fingerprint density at radius 3 is 2.96 bits per heavy atom. The number of hydrogen-bond acceptors (Lipinski definition) is 5. The lowest BCUT2D eigenvalue weighted by Crippen LogP contribution is -2.53. The van der Waals surface area contributed by atoms with Crippen LogP contribution in [-0.4, -0.2) is 53.5 Å². The minimum Gasteiger partial charge on any atom is -0.374 e. The Hall–Kier alpha value is -1.66. The summed E-state index contributed by atoms with van der Waals surface area (Å²) in [4.78, 5) is 7.22. The molecule has 0 saturated carbocycles. The summed E-state index contributed by atoms with van der Waals surface area (Å²) < 4.78 is 7.96. The van der Waals surface area contributed by atoms with E-state index in [9.17, 15) is 0 Å². The van der Waals surface area contributed by atoms with Crippen molar-refractivity contribution in [3.63, 3.8) is 0 Å². The number of hydrogen-bond donors (Lipinski definition) is 1. The van der Waals surface area contributed by atoms with Crippen molar-refractivity contribution in [2.75, 3.05) is 37.7 Å². The molecule has 1 saturated heterocycles. The van der Waals surface area contributed by atoms with Gasteiger partial charge in [-0.1, -0.05) is 13.8 Å². The number of rotatable bonds is 4. The first-order chi connectivity index (χ1) is 11.2. The summed E-state index contributed by atoms with van der Waals surface area (Å²) >= 11 is 0. The van der Waals surface area contributed by atoms with E-state index in [4.69, 9.17) is 9.72 Å². The molecule has 1 fully saturated rings. The van der Waals surface area contributed by atoms with Gasteiger partial charge in [0.25, 0.3) is 0 Å². The first kappa shape index (κ1) is 14.9. The van der Waals surface area contributed by atoms with Crippen LogP contribution in [0.1, 0.15) is 25.1 Å². The van der Waals surface area contributed by atoms with Crippen molar-refractivity contribution in [1.82, 2.24) is 19.9 Å². The Kier molecular flexibility index (Phi) is 3.95. The summed E-state index contributed by atoms with van der Waals surface area (Å²) in [5.41, 5.74) is 3.53. The van der Waals surface area contributed by atoms with Gasteiger partial charge in [-0.25, -0.2) is 4.98 Å². The van der Waals surface area contributed by atoms with Gasteiger partial charge in [0.15, 0.2) is 5.65 Å². The highest BCUT2D eigenvalue weighted by atomic mass is 16.5. The van der Waals surface area contributed by atoms with Gasteiger partial charge in [0, 0.05) is 44.3 Å². The van der Waals surface area contributed by atoms with E-state index in [0.29, 0.717) is 12.0 Å². The van der Waals surface area contributed by atoms with Crippen LogP contribution in [0.25, 0.3) is 5.65 Å². The smallest absolute Gasteiger partial charge is 0.157 e. The normalized spacial score (nSPS) is 19.0. The lowest BCUT2D eigenvalue weighted by atomic mass is 10.1. The molecule has 0 radical (unpaired) electrons. The molecule has 1 N–H and O–H groups in total. The van der Waals surface area contributed by atoms with E-state index in [-0.39, 0.29) is 0 Å². The van der Waals surface area contributed by atoms with Crippen LogP contribution in [0.2, 0.25) is 0 Å². The number of nitrogens with zero attached hydrogens (tertiary/aromatic N) is 4. The molecule has 2 aliphatic rings. The molecule has 6 heteroatoms. The van der Waals surface area contributed by atoms with Crippen LogP contribution in [0, 0.1) is 5.92 Å². The summed E-state index contributed by atoms with van der Waals surface area (Å²) in [7, 11) is 0. The molecule has 0 aliphatic carbocycles. The van der Waals surface area contributed by atoms with E-state index in [1.54, 1.807) is 0 Å². The Morgan fingerprint density at radius 1 is 1.30 bits per heavy atom. The minimum atomic E-state index is 0.343. The number of anilines is 1. The maximum atomic E-state index is 5.95. The van der Waals surface area contributed by atoms with Crippen molar-refractivity contribution in [2.24, 2.45) is 5.92 Å². The van der Waals surface area contributed by atoms with E-state index in [2.05, 4.69) is 29.2 Å². The van der Waals surface area contributed by atoms with Gasteiger partial charge in [0.1, 0.15) is 5.82 Å². The highest BCUT2D eigenvalue weighted by Crippen LogP contribution is 2.30. The fourth-order valence-corrected chi connectivity index (χ4v) is 3.38. The lowest BCUT2D eigenvalue weighted by molar-refractivity contribution is 0.0184. The molecule has 124 valence electrons. The summed E-state index contributed by atoms with van der Waals surface area (Å²) in [5.74, 6) is 1.81. The van der Waals surface area contributed by atoms with Gasteiger partial charge in [0.05, 0.1) is 18.0 Å². The second kappa shape index (κ2) is 6.09. The minimum absolute atomic E-state index is 0.343. The summed E-state index contributed by atoms with van der Waals surface area (Å²) in [5, 5.41) is 7.98. The molecule has 0 bridgehead atoms. The zero-order chi connectivity index (χ0) is 15.8. The predicted octanol–water partition coefficient (Wildman–Crippen LogP) is 1.28. The molecule has 0 aromatic carbocycles. The molecule has 23 heavy (non-hydrogen) atoms. The Bertz CT molecular complexity index is 690. The van der Waals surface area contributed by atoms with Crippen molar-refractivity contribution in [3.05, 3.63) is 23.5 Å². The van der Waals surface area contributed by atoms with Crippen LogP contribution >= 0.6 is 0 Å². The molecule has 0 spiro atoms. The van der Waals surface area contributed by atoms with Gasteiger partial charge in [-0.15, -0.1) is 0 Å². The van der Waals surface area contributed by atoms with Crippen LogP contribution in [-0.2, 0) is 17.6 Å². The van der Waals surface area contributed by atoms with Crippen LogP contribution in [0.15, 0.2) is 12.3 Å². The molecular weight excluding hydrogens is 290 g/mol. The van der Waals surface area contributed by atoms with Gasteiger partial charge in [-0.05, 0) is 18.9 Å². The van der Waals surface area contributed by atoms with Gasteiger partial charge >= 0.3 is 0 Å². The fraction of sp³-hybridized carbons (Fsp3) is 0.647. The van der Waals surface area contributed by atoms with Crippen molar-refractivity contribution in [2.45, 2.75) is 32.8 Å². The van der Waals surface area contributed by atoms with Crippen LogP contribution in [0.3, 0.4) is 0 Å². The van der Waals surface area contributed by atoms with Gasteiger partial charge < -0.3 is 15.0 Å². The zero-order valence-corrected chi connectivity index (χ0v) is 14.0. The van der Waals surface area contributed by atoms with E-state index in [0.717, 1.165) is 51.3 Å². The Balaban J connectivity index is 1.62. The van der Waals surface area contributed by atoms with Crippen molar-refractivity contribution >= 4 is 11.5 Å². The quantitative estimate of drug-likeness (QED) is 0.921. The fourth-order valence-electron chi connectivity index (χ4n) is 3.38. The van der Waals surface area contributed by atoms with Gasteiger partial charge in [-0.3, -0.25) is 0 Å². The van der Waals surface area contributed by atoms with E-state index in [1.807, 2.05) is 16.8 Å². The second-order valence-electron chi connectivity index (χ2n) is 6.97. The van der Waals surface area contributed by atoms with Crippen LogP contribution in [0.5, 0.6) is 0 Å². The summed E-state index contributed by atoms with van der Waals surface area (Å²) in [6.45, 7) is 9.14. The third-order valence-electron chi connectivity index (χ3n) is 4.59. The zero-order valence-electron chi connectivity index (χ0n) is 14.0. The molecule has 4 rings (SSSR count). The Labute approximate surface area is 136 Å². The maximum Gasteiger partial charge on any atom is 0.157 e. The van der Waals surface area contributed by atoms with Crippen LogP contribution < -0.4 is 10.2 Å². The molecule has 2 aromatic rings. The number of ether oxygens (including phenoxy) is 1. The highest BCUT2D eigenvalue weighted by Gasteiger charge is 2.32. The SMILES string of the molecule is CC(C)COC1CN(c2c3c(nc4ccnn24)CCNCC3)C1. The summed E-state index contributed by atoms with van der Waals surface area (Å²) in [6.07, 6.45) is 4.19. The van der Waals surface area contributed by atoms with Crippen molar-refractivity contribution < 1.29 is 4.74 Å². The molecule has 0 amide bonds. The standard InChI is InChI=1S/C17H25N5O/c1-12(2)11-23-13-9-21(10-13)17-14-3-6-18-7-4-15(14)20-16-5-8-19-22(16)17/h5,8,12-13,18H,3-4,6-7,9-11H2,1-2H3. The van der Waals surface area contributed by atoms with E-state index >= 15 is 0 Å². The first-order valence-electron chi connectivity index (χ1n) is 8.65. The third-order valence-corrected chi connectivity index (χ3v) is 4.59. The van der Waals surface area contributed by atoms with Gasteiger partial charge in [0.2, 0.25) is 0 Å². The Morgan fingerprint density at radius 2 is 2.13 bits per heavy atom. The molecule has 4 heterocycles. The first-order valence-corrected chi connectivity index (χ1v) is 8.65. The van der Waals surface area contributed by atoms with Crippen molar-refractivity contribution in [1.29, 1.82) is 0 Å². The molecule has 6 nitrogen and oxygen atoms in total. The molecule has 0 atom stereocenters. The van der Waals surface area contributed by atoms with Crippen LogP contribution in [0.4, 0.5) is 5.82 Å². The number of fused-ring (bicyclic) bond motifs is 2. The van der Waals surface area contributed by atoms with E-state index in [1.165, 1.54) is 17.1 Å². The number of aromatic nitrogens is 3. The molecule has 0 unspecified atom stereocenters. The molecular formula is C17H25N5O. The van der Waals surface area contributed by atoms with Gasteiger partial charge in [-0.2, -0.15) is 9.61 Å². The predicted molar refractivity (Wildman–Crippen MR) is 90.1 cm³/mol. The average molecular weight is 315 g/mol.